The van der Waals surface area contributed by atoms with E-state index in [-0.39, 0.29) is 11.8 Å². The van der Waals surface area contributed by atoms with Gasteiger partial charge in [-0.1, -0.05) is 32.0 Å². The summed E-state index contributed by atoms with van der Waals surface area (Å²) >= 11 is 1.52. The molecular weight excluding hydrogens is 298 g/mol. The van der Waals surface area contributed by atoms with Gasteiger partial charge in [0.05, 0.1) is 23.7 Å². The molecule has 0 radical (unpaired) electrons. The van der Waals surface area contributed by atoms with Crippen molar-refractivity contribution in [2.75, 3.05) is 6.61 Å². The number of ether oxygens (including phenoxy) is 1. The first kappa shape index (κ1) is 16.5. The lowest BCUT2D eigenvalue weighted by Gasteiger charge is -2.22. The number of carboxylic acid groups (broad SMARTS) is 1. The number of thiazole rings is 1. The summed E-state index contributed by atoms with van der Waals surface area (Å²) in [5.74, 6) is 0.0570. The van der Waals surface area contributed by atoms with Gasteiger partial charge in [-0.15, -0.1) is 11.3 Å². The lowest BCUT2D eigenvalue weighted by molar-refractivity contribution is -0.136. The van der Waals surface area contributed by atoms with Gasteiger partial charge in [-0.2, -0.15) is 0 Å². The van der Waals surface area contributed by atoms with Crippen LogP contribution >= 0.6 is 11.3 Å². The molecule has 0 saturated heterocycles. The molecule has 0 spiro atoms. The maximum atomic E-state index is 10.7. The van der Waals surface area contributed by atoms with Gasteiger partial charge in [-0.25, -0.2) is 4.98 Å². The second-order valence-electron chi connectivity index (χ2n) is 5.96. The molecule has 0 aliphatic rings. The zero-order valence-electron chi connectivity index (χ0n) is 13.1. The van der Waals surface area contributed by atoms with Crippen LogP contribution in [0.3, 0.4) is 0 Å². The summed E-state index contributed by atoms with van der Waals surface area (Å²) in [6.07, 6.45) is 0.799. The summed E-state index contributed by atoms with van der Waals surface area (Å²) in [6, 6.07) is 7.95. The number of carbonyl (C=O) groups is 1. The topological polar surface area (TPSA) is 59.4 Å². The number of hydrogen-bond acceptors (Lipinski definition) is 4. The quantitative estimate of drug-likeness (QED) is 0.842. The fraction of sp³-hybridized carbons (Fsp3) is 0.412. The number of benzene rings is 1. The highest BCUT2D eigenvalue weighted by Gasteiger charge is 2.25. The number of aryl methyl sites for hydroxylation is 1. The maximum absolute atomic E-state index is 10.7. The van der Waals surface area contributed by atoms with E-state index in [1.54, 1.807) is 0 Å². The van der Waals surface area contributed by atoms with Crippen LogP contribution in [0.15, 0.2) is 29.6 Å². The van der Waals surface area contributed by atoms with E-state index < -0.39 is 5.97 Å². The van der Waals surface area contributed by atoms with Crippen LogP contribution in [0, 0.1) is 6.92 Å². The molecule has 118 valence electrons. The molecule has 22 heavy (non-hydrogen) atoms. The molecular formula is C17H21NO3S. The molecule has 0 saturated carbocycles. The van der Waals surface area contributed by atoms with Crippen LogP contribution in [0.4, 0.5) is 0 Å². The molecule has 0 bridgehead atoms. The number of carboxylic acids is 1. The standard InChI is InChI=1S/C17H21NO3S/c1-12-6-4-5-7-14(12)21-9-8-17(2,3)16-18-13(11-22-16)10-15(19)20/h4-7,11H,8-10H2,1-3H3,(H,19,20). The van der Waals surface area contributed by atoms with Gasteiger partial charge in [0.1, 0.15) is 5.75 Å². The number of hydrogen-bond donors (Lipinski definition) is 1. The lowest BCUT2D eigenvalue weighted by Crippen LogP contribution is -2.21. The van der Waals surface area contributed by atoms with E-state index >= 15 is 0 Å². The number of rotatable bonds is 7. The van der Waals surface area contributed by atoms with Crippen LogP contribution < -0.4 is 4.74 Å². The minimum atomic E-state index is -0.849. The molecule has 0 aliphatic heterocycles. The lowest BCUT2D eigenvalue weighted by atomic mass is 9.90. The second kappa shape index (κ2) is 6.92. The highest BCUT2D eigenvalue weighted by atomic mass is 32.1. The molecule has 0 unspecified atom stereocenters. The molecule has 0 aliphatic carbocycles. The Kier molecular flexibility index (Phi) is 5.19. The van der Waals surface area contributed by atoms with Crippen molar-refractivity contribution >= 4 is 17.3 Å². The molecule has 2 rings (SSSR count). The molecule has 1 aromatic carbocycles. The first-order valence-electron chi connectivity index (χ1n) is 7.23. The predicted molar refractivity (Wildman–Crippen MR) is 87.8 cm³/mol. The highest BCUT2D eigenvalue weighted by Crippen LogP contribution is 2.30. The monoisotopic (exact) mass is 319 g/mol. The summed E-state index contributed by atoms with van der Waals surface area (Å²) in [7, 11) is 0. The third kappa shape index (κ3) is 4.31. The third-order valence-electron chi connectivity index (χ3n) is 3.54. The highest BCUT2D eigenvalue weighted by molar-refractivity contribution is 7.09. The minimum Gasteiger partial charge on any atom is -0.493 e. The van der Waals surface area contributed by atoms with E-state index in [0.29, 0.717) is 12.3 Å². The number of nitrogens with zero attached hydrogens (tertiary/aromatic N) is 1. The third-order valence-corrected chi connectivity index (χ3v) is 4.80. The fourth-order valence-corrected chi connectivity index (χ4v) is 3.07. The van der Waals surface area contributed by atoms with E-state index in [1.165, 1.54) is 11.3 Å². The normalized spacial score (nSPS) is 11.4. The Hall–Kier alpha value is -1.88. The number of para-hydroxylation sites is 1. The van der Waals surface area contributed by atoms with Crippen LogP contribution in [-0.4, -0.2) is 22.7 Å². The van der Waals surface area contributed by atoms with E-state index in [1.807, 2.05) is 36.6 Å². The summed E-state index contributed by atoms with van der Waals surface area (Å²) in [4.78, 5) is 15.2. The van der Waals surface area contributed by atoms with E-state index in [0.717, 1.165) is 22.7 Å². The molecule has 1 aromatic heterocycles. The van der Waals surface area contributed by atoms with Crippen molar-refractivity contribution in [3.63, 3.8) is 0 Å². The van der Waals surface area contributed by atoms with Crippen molar-refractivity contribution in [3.8, 4) is 5.75 Å². The van der Waals surface area contributed by atoms with Crippen molar-refractivity contribution in [2.45, 2.75) is 39.0 Å². The van der Waals surface area contributed by atoms with Gasteiger partial charge < -0.3 is 9.84 Å². The van der Waals surface area contributed by atoms with Gasteiger partial charge in [0.2, 0.25) is 0 Å². The van der Waals surface area contributed by atoms with Gasteiger partial charge in [0.25, 0.3) is 0 Å². The van der Waals surface area contributed by atoms with Crippen molar-refractivity contribution in [2.24, 2.45) is 0 Å². The van der Waals surface area contributed by atoms with Crippen molar-refractivity contribution < 1.29 is 14.6 Å². The van der Waals surface area contributed by atoms with E-state index in [4.69, 9.17) is 9.84 Å². The summed E-state index contributed by atoms with van der Waals surface area (Å²) in [5.41, 5.74) is 1.61. The molecule has 1 heterocycles. The Morgan fingerprint density at radius 2 is 2.09 bits per heavy atom. The first-order valence-corrected chi connectivity index (χ1v) is 8.11. The molecule has 0 fully saturated rings. The van der Waals surface area contributed by atoms with Crippen LogP contribution in [0.5, 0.6) is 5.75 Å². The fourth-order valence-electron chi connectivity index (χ4n) is 2.10. The molecule has 1 N–H and O–H groups in total. The van der Waals surface area contributed by atoms with Gasteiger partial charge in [-0.3, -0.25) is 4.79 Å². The van der Waals surface area contributed by atoms with Crippen LogP contribution in [-0.2, 0) is 16.6 Å². The molecule has 5 heteroatoms. The predicted octanol–water partition coefficient (Wildman–Crippen LogP) is 3.83. The summed E-state index contributed by atoms with van der Waals surface area (Å²) in [6.45, 7) is 6.85. The van der Waals surface area contributed by atoms with Crippen molar-refractivity contribution in [1.29, 1.82) is 0 Å². The van der Waals surface area contributed by atoms with E-state index in [9.17, 15) is 4.79 Å². The van der Waals surface area contributed by atoms with Crippen LogP contribution in [0.1, 0.15) is 36.5 Å². The SMILES string of the molecule is Cc1ccccc1OCCC(C)(C)c1nc(CC(=O)O)cs1. The van der Waals surface area contributed by atoms with Gasteiger partial charge in [0.15, 0.2) is 0 Å². The van der Waals surface area contributed by atoms with Gasteiger partial charge in [-0.05, 0) is 25.0 Å². The maximum Gasteiger partial charge on any atom is 0.309 e. The zero-order valence-corrected chi connectivity index (χ0v) is 13.9. The molecule has 0 amide bonds. The molecule has 0 atom stereocenters. The second-order valence-corrected chi connectivity index (χ2v) is 6.82. The van der Waals surface area contributed by atoms with Crippen LogP contribution in [0.25, 0.3) is 0 Å². The van der Waals surface area contributed by atoms with Gasteiger partial charge >= 0.3 is 5.97 Å². The summed E-state index contributed by atoms with van der Waals surface area (Å²) < 4.78 is 5.85. The average Bonchev–Trinajstić information content (AvgIpc) is 2.89. The van der Waals surface area contributed by atoms with Crippen molar-refractivity contribution in [3.05, 3.63) is 45.9 Å². The molecule has 4 nitrogen and oxygen atoms in total. The summed E-state index contributed by atoms with van der Waals surface area (Å²) in [5, 5.41) is 11.6. The molecule has 2 aromatic rings. The average molecular weight is 319 g/mol. The largest absolute Gasteiger partial charge is 0.493 e. The zero-order chi connectivity index (χ0) is 16.2. The Bertz CT molecular complexity index is 649. The first-order chi connectivity index (χ1) is 10.4. The number of aromatic nitrogens is 1. The Balaban J connectivity index is 1.94. The Labute approximate surface area is 134 Å². The Morgan fingerprint density at radius 1 is 1.36 bits per heavy atom. The van der Waals surface area contributed by atoms with Crippen molar-refractivity contribution in [1.82, 2.24) is 4.98 Å². The Morgan fingerprint density at radius 3 is 2.77 bits per heavy atom. The smallest absolute Gasteiger partial charge is 0.309 e. The van der Waals surface area contributed by atoms with Gasteiger partial charge in [0, 0.05) is 10.8 Å². The minimum absolute atomic E-state index is 0.0215. The number of aliphatic carboxylic acids is 1. The van der Waals surface area contributed by atoms with E-state index in [2.05, 4.69) is 18.8 Å². The van der Waals surface area contributed by atoms with Crippen LogP contribution in [0.2, 0.25) is 0 Å².